The van der Waals surface area contributed by atoms with Gasteiger partial charge in [-0.25, -0.2) is 0 Å². The lowest BCUT2D eigenvalue weighted by Crippen LogP contribution is -2.58. The summed E-state index contributed by atoms with van der Waals surface area (Å²) in [5.41, 5.74) is 0. The Morgan fingerprint density at radius 3 is 2.65 bits per heavy atom. The number of nitrogens with one attached hydrogen (secondary N) is 1. The van der Waals surface area contributed by atoms with E-state index in [0.717, 1.165) is 25.7 Å². The van der Waals surface area contributed by atoms with E-state index < -0.39 is 6.04 Å². The fourth-order valence-corrected chi connectivity index (χ4v) is 2.54. The molecule has 1 N–H and O–H groups in total. The molecule has 2 aliphatic rings. The molecule has 1 atom stereocenters. The van der Waals surface area contributed by atoms with E-state index >= 15 is 0 Å². The van der Waals surface area contributed by atoms with Crippen LogP contribution in [0.5, 0.6) is 0 Å². The highest BCUT2D eigenvalue weighted by Crippen LogP contribution is 2.25. The number of carbonyl (C=O) groups excluding carboxylic acids is 3. The zero-order chi connectivity index (χ0) is 12.4. The van der Waals surface area contributed by atoms with Crippen molar-refractivity contribution in [1.82, 2.24) is 10.2 Å². The van der Waals surface area contributed by atoms with Gasteiger partial charge in [0.05, 0.1) is 19.1 Å². The quantitative estimate of drug-likeness (QED) is 0.708. The second-order valence-electron chi connectivity index (χ2n) is 4.94. The Labute approximate surface area is 101 Å². The van der Waals surface area contributed by atoms with E-state index in [1.807, 2.05) is 0 Å². The Balaban J connectivity index is 1.94. The summed E-state index contributed by atoms with van der Waals surface area (Å²) in [6, 6.07) is -0.391. The van der Waals surface area contributed by atoms with Crippen LogP contribution in [0.2, 0.25) is 0 Å². The zero-order valence-electron chi connectivity index (χ0n) is 10.1. The van der Waals surface area contributed by atoms with Crippen molar-refractivity contribution in [2.24, 2.45) is 5.92 Å². The zero-order valence-corrected chi connectivity index (χ0v) is 10.1. The van der Waals surface area contributed by atoms with E-state index in [0.29, 0.717) is 0 Å². The molecule has 2 amide bonds. The maximum atomic E-state index is 12.0. The first-order chi connectivity index (χ1) is 8.08. The van der Waals surface area contributed by atoms with Gasteiger partial charge in [0.2, 0.25) is 11.8 Å². The van der Waals surface area contributed by atoms with Gasteiger partial charge in [0, 0.05) is 5.92 Å². The van der Waals surface area contributed by atoms with Crippen LogP contribution in [0.15, 0.2) is 0 Å². The number of rotatable bonds is 3. The normalized spacial score (nSPS) is 27.2. The van der Waals surface area contributed by atoms with E-state index in [-0.39, 0.29) is 36.6 Å². The molecule has 5 nitrogen and oxygen atoms in total. The number of hydrogen-bond acceptors (Lipinski definition) is 4. The molecule has 1 saturated heterocycles. The molecule has 1 heterocycles. The first-order valence-electron chi connectivity index (χ1n) is 6.18. The number of imide groups is 1. The van der Waals surface area contributed by atoms with E-state index in [1.165, 1.54) is 0 Å². The van der Waals surface area contributed by atoms with Gasteiger partial charge in [0.1, 0.15) is 5.78 Å². The van der Waals surface area contributed by atoms with Crippen LogP contribution in [0.3, 0.4) is 0 Å². The molecule has 1 aliphatic heterocycles. The van der Waals surface area contributed by atoms with Crippen molar-refractivity contribution >= 4 is 17.6 Å². The van der Waals surface area contributed by atoms with Crippen molar-refractivity contribution in [3.63, 3.8) is 0 Å². The van der Waals surface area contributed by atoms with Crippen molar-refractivity contribution in [2.75, 3.05) is 13.1 Å². The first-order valence-corrected chi connectivity index (χ1v) is 6.18. The maximum Gasteiger partial charge on any atom is 0.243 e. The summed E-state index contributed by atoms with van der Waals surface area (Å²) in [6.45, 7) is 2.10. The lowest BCUT2D eigenvalue weighted by atomic mass is 10.0. The number of carbonyl (C=O) groups is 3. The Morgan fingerprint density at radius 2 is 2.00 bits per heavy atom. The number of ketones is 1. The maximum absolute atomic E-state index is 12.0. The van der Waals surface area contributed by atoms with Crippen molar-refractivity contribution in [3.8, 4) is 0 Å². The van der Waals surface area contributed by atoms with Crippen LogP contribution in [-0.2, 0) is 14.4 Å². The van der Waals surface area contributed by atoms with Crippen LogP contribution < -0.4 is 5.32 Å². The molecule has 0 bridgehead atoms. The summed E-state index contributed by atoms with van der Waals surface area (Å²) in [7, 11) is 0. The Kier molecular flexibility index (Phi) is 3.57. The van der Waals surface area contributed by atoms with Crippen molar-refractivity contribution in [2.45, 2.75) is 38.6 Å². The summed E-state index contributed by atoms with van der Waals surface area (Å²) in [5, 5.41) is 2.27. The predicted molar refractivity (Wildman–Crippen MR) is 61.1 cm³/mol. The molecule has 1 saturated carbocycles. The Hall–Kier alpha value is -1.23. The fraction of sp³-hybridized carbons (Fsp3) is 0.750. The third-order valence-electron chi connectivity index (χ3n) is 3.71. The third-order valence-corrected chi connectivity index (χ3v) is 3.71. The molecular formula is C12H18N2O3. The molecule has 0 radical (unpaired) electrons. The van der Waals surface area contributed by atoms with Crippen molar-refractivity contribution in [3.05, 3.63) is 0 Å². The average Bonchev–Trinajstić information content (AvgIpc) is 2.78. The third kappa shape index (κ3) is 2.72. The molecule has 1 aliphatic carbocycles. The number of hydrogen-bond donors (Lipinski definition) is 1. The van der Waals surface area contributed by atoms with Gasteiger partial charge >= 0.3 is 0 Å². The van der Waals surface area contributed by atoms with Crippen LogP contribution in [0.4, 0.5) is 0 Å². The standard InChI is InChI=1S/C12H18N2O3/c1-8-12(17)13-11(16)7-14(8)6-10(15)9-4-2-3-5-9/h8-9H,2-7H2,1H3,(H,13,16,17). The summed E-state index contributed by atoms with van der Waals surface area (Å²) < 4.78 is 0. The van der Waals surface area contributed by atoms with Crippen molar-refractivity contribution in [1.29, 1.82) is 0 Å². The van der Waals surface area contributed by atoms with Crippen LogP contribution in [0.25, 0.3) is 0 Å². The van der Waals surface area contributed by atoms with E-state index in [4.69, 9.17) is 0 Å². The largest absolute Gasteiger partial charge is 0.298 e. The molecule has 2 fully saturated rings. The molecule has 1 unspecified atom stereocenters. The summed E-state index contributed by atoms with van der Waals surface area (Å²) in [4.78, 5) is 36.3. The van der Waals surface area contributed by atoms with E-state index in [2.05, 4.69) is 5.32 Å². The minimum absolute atomic E-state index is 0.141. The predicted octanol–water partition coefficient (Wildman–Crippen LogP) is 0.0926. The molecule has 0 spiro atoms. The highest BCUT2D eigenvalue weighted by atomic mass is 16.2. The molecule has 17 heavy (non-hydrogen) atoms. The minimum atomic E-state index is -0.391. The van der Waals surface area contributed by atoms with Gasteiger partial charge in [-0.05, 0) is 19.8 Å². The second-order valence-corrected chi connectivity index (χ2v) is 4.94. The molecular weight excluding hydrogens is 220 g/mol. The lowest BCUT2D eigenvalue weighted by molar-refractivity contribution is -0.140. The fourth-order valence-electron chi connectivity index (χ4n) is 2.54. The summed E-state index contributed by atoms with van der Waals surface area (Å²) in [5.74, 6) is -0.299. The summed E-state index contributed by atoms with van der Waals surface area (Å²) in [6.07, 6.45) is 4.15. The van der Waals surface area contributed by atoms with Gasteiger partial charge in [-0.2, -0.15) is 0 Å². The number of amides is 2. The molecule has 5 heteroatoms. The van der Waals surface area contributed by atoms with Gasteiger partial charge in [-0.1, -0.05) is 12.8 Å². The second kappa shape index (κ2) is 4.96. The first kappa shape index (κ1) is 12.2. The average molecular weight is 238 g/mol. The molecule has 0 aromatic carbocycles. The SMILES string of the molecule is CC1C(=O)NC(=O)CN1CC(=O)C1CCCC1. The van der Waals surface area contributed by atoms with Gasteiger partial charge in [-0.15, -0.1) is 0 Å². The van der Waals surface area contributed by atoms with Crippen LogP contribution in [0.1, 0.15) is 32.6 Å². The molecule has 94 valence electrons. The van der Waals surface area contributed by atoms with E-state index in [9.17, 15) is 14.4 Å². The van der Waals surface area contributed by atoms with E-state index in [1.54, 1.807) is 11.8 Å². The smallest absolute Gasteiger partial charge is 0.243 e. The minimum Gasteiger partial charge on any atom is -0.298 e. The van der Waals surface area contributed by atoms with Crippen molar-refractivity contribution < 1.29 is 14.4 Å². The number of nitrogens with zero attached hydrogens (tertiary/aromatic N) is 1. The highest BCUT2D eigenvalue weighted by molar-refractivity contribution is 6.01. The van der Waals surface area contributed by atoms with Gasteiger partial charge < -0.3 is 0 Å². The number of piperazine rings is 1. The Bertz CT molecular complexity index is 348. The molecule has 0 aromatic rings. The highest BCUT2D eigenvalue weighted by Gasteiger charge is 2.33. The Morgan fingerprint density at radius 1 is 1.35 bits per heavy atom. The summed E-state index contributed by atoms with van der Waals surface area (Å²) >= 11 is 0. The van der Waals surface area contributed by atoms with Crippen LogP contribution in [-0.4, -0.2) is 41.6 Å². The molecule has 2 rings (SSSR count). The van der Waals surface area contributed by atoms with Crippen LogP contribution in [0, 0.1) is 5.92 Å². The van der Waals surface area contributed by atoms with Crippen LogP contribution >= 0.6 is 0 Å². The van der Waals surface area contributed by atoms with Gasteiger partial charge in [0.25, 0.3) is 0 Å². The van der Waals surface area contributed by atoms with Gasteiger partial charge in [-0.3, -0.25) is 24.6 Å². The van der Waals surface area contributed by atoms with Gasteiger partial charge in [0.15, 0.2) is 0 Å². The lowest BCUT2D eigenvalue weighted by Gasteiger charge is -2.31. The molecule has 0 aromatic heterocycles. The monoisotopic (exact) mass is 238 g/mol. The topological polar surface area (TPSA) is 66.5 Å². The number of Topliss-reactive ketones (excluding diaryl/α,β-unsaturated/α-hetero) is 1.